The Morgan fingerprint density at radius 2 is 0.802 bits per heavy atom. The number of hydrogen-bond acceptors (Lipinski definition) is 19. The van der Waals surface area contributed by atoms with Crippen molar-refractivity contribution in [3.63, 3.8) is 0 Å². The number of carbonyl (C=O) groups excluding carboxylic acids is 2. The maximum Gasteiger partial charge on any atom is 0.339 e. The van der Waals surface area contributed by atoms with Crippen LogP contribution < -0.4 is 0 Å². The van der Waals surface area contributed by atoms with E-state index in [1.807, 2.05) is 59.9 Å². The van der Waals surface area contributed by atoms with Crippen LogP contribution in [0.2, 0.25) is 5.15 Å². The van der Waals surface area contributed by atoms with Crippen LogP contribution in [-0.2, 0) is 21.7 Å². The molecule has 9 heterocycles. The number of aliphatic hydroxyl groups is 1. The van der Waals surface area contributed by atoms with Crippen molar-refractivity contribution in [1.82, 2.24) is 89.0 Å². The first kappa shape index (κ1) is 67.6. The lowest BCUT2D eigenvalue weighted by Crippen LogP contribution is -2.09. The highest BCUT2D eigenvalue weighted by molar-refractivity contribution is 8.26. The quantitative estimate of drug-likeness (QED) is 0.0469. The van der Waals surface area contributed by atoms with Gasteiger partial charge in [-0.05, 0) is 93.5 Å². The van der Waals surface area contributed by atoms with Gasteiger partial charge in [0.25, 0.3) is 0 Å². The first-order valence-electron chi connectivity index (χ1n) is 24.1. The van der Waals surface area contributed by atoms with Gasteiger partial charge >= 0.3 is 5.97 Å². The molecule has 430 valence electrons. The smallest absolute Gasteiger partial charge is 0.339 e. The molecule has 29 heteroatoms. The van der Waals surface area contributed by atoms with Crippen LogP contribution in [0.1, 0.15) is 143 Å². The first-order valence-corrected chi connectivity index (χ1v) is 27.8. The number of rotatable bonds is 13. The van der Waals surface area contributed by atoms with Crippen LogP contribution in [0.4, 0.5) is 0 Å². The number of halogens is 4. The standard InChI is InChI=1S/C12H14N4O.C11H13ClN4.C11H12N4O2.C11H14N4O.C6H5ClN2O.CH4.Cl2OS/c1-8(2)16-11(4-5-15-16)12-10(9(3)17)6-13-7-14-12;1-8(2)16-10(3-4-15-16)11-9(5-12)6-13-7-14-11;1-7(2)15-9(3-4-14-15)10-8(11(16)17)5-12-6-13-10;1-8(2)15-10(3-4-14-15)11-9(6-16)5-12-7-13-11;1-4(10)5-2-8-3-9-6(5)7;;1-4(2)3/h4-8H,1-3H3;3-4,6-8H,5H2,1-2H3;3-7H,1-2H3,(H,16,17);3-5,7-8,16H,6H2,1-2H3;2-3H,1H3;1H4;. The fourth-order valence-electron chi connectivity index (χ4n) is 7.08. The maximum absolute atomic E-state index is 11.5. The Kier molecular flexibility index (Phi) is 28.2. The van der Waals surface area contributed by atoms with Crippen molar-refractivity contribution < 1.29 is 28.8 Å². The number of ketones is 2. The van der Waals surface area contributed by atoms with Gasteiger partial charge in [-0.2, -0.15) is 20.4 Å². The highest BCUT2D eigenvalue weighted by Gasteiger charge is 2.19. The van der Waals surface area contributed by atoms with E-state index in [-0.39, 0.29) is 54.4 Å². The molecule has 0 bridgehead atoms. The number of Topliss-reactive ketones (excluding diaryl/α,β-unsaturated/α-hetero) is 2. The molecule has 0 saturated heterocycles. The fraction of sp³-hybridized carbons (Fsp3) is 0.327. The molecule has 9 rings (SSSR count). The number of carboxylic acids is 1. The normalized spacial score (nSPS) is 10.5. The highest BCUT2D eigenvalue weighted by Crippen LogP contribution is 2.27. The summed E-state index contributed by atoms with van der Waals surface area (Å²) in [5.41, 5.74) is 8.63. The van der Waals surface area contributed by atoms with Gasteiger partial charge in [0.1, 0.15) is 53.7 Å². The van der Waals surface area contributed by atoms with Gasteiger partial charge in [0.2, 0.25) is 9.23 Å². The predicted octanol–water partition coefficient (Wildman–Crippen LogP) is 10.8. The maximum atomic E-state index is 11.5. The summed E-state index contributed by atoms with van der Waals surface area (Å²) in [5.74, 6) is -0.806. The number of aliphatic hydroxyl groups excluding tert-OH is 1. The number of carbonyl (C=O) groups is 3. The molecule has 2 N–H and O–H groups in total. The van der Waals surface area contributed by atoms with E-state index in [0.29, 0.717) is 45.7 Å². The van der Waals surface area contributed by atoms with Crippen molar-refractivity contribution >= 4 is 71.3 Å². The summed E-state index contributed by atoms with van der Waals surface area (Å²) in [7, 11) is 7.36. The summed E-state index contributed by atoms with van der Waals surface area (Å²) in [5, 5.41) is 35.4. The van der Waals surface area contributed by atoms with Crippen molar-refractivity contribution in [2.45, 2.75) is 113 Å². The van der Waals surface area contributed by atoms with Crippen molar-refractivity contribution in [3.8, 4) is 45.6 Å². The Bertz CT molecular complexity index is 3250. The Morgan fingerprint density at radius 3 is 1.12 bits per heavy atom. The molecular formula is C52H62Cl4N18O6S. The molecule has 0 spiro atoms. The minimum absolute atomic E-state index is 0. The van der Waals surface area contributed by atoms with Gasteiger partial charge in [0.15, 0.2) is 11.6 Å². The molecule has 0 aliphatic carbocycles. The summed E-state index contributed by atoms with van der Waals surface area (Å²) in [4.78, 5) is 72.8. The largest absolute Gasteiger partial charge is 0.478 e. The van der Waals surface area contributed by atoms with Gasteiger partial charge in [-0.3, -0.25) is 28.3 Å². The van der Waals surface area contributed by atoms with E-state index in [1.165, 1.54) is 57.9 Å². The summed E-state index contributed by atoms with van der Waals surface area (Å²) in [6, 6.07) is 8.34. The van der Waals surface area contributed by atoms with Gasteiger partial charge in [-0.25, -0.2) is 58.8 Å². The molecule has 0 aliphatic heterocycles. The lowest BCUT2D eigenvalue weighted by molar-refractivity contribution is 0.0696. The Labute approximate surface area is 490 Å². The molecular weight excluding hydrogens is 1150 g/mol. The van der Waals surface area contributed by atoms with Crippen LogP contribution in [0, 0.1) is 0 Å². The molecule has 0 aliphatic rings. The van der Waals surface area contributed by atoms with E-state index in [2.05, 4.69) is 119 Å². The zero-order valence-corrected chi connectivity index (χ0v) is 49.0. The summed E-state index contributed by atoms with van der Waals surface area (Å²) in [6.45, 7) is 19.1. The highest BCUT2D eigenvalue weighted by atomic mass is 36.0. The van der Waals surface area contributed by atoms with Crippen LogP contribution in [0.15, 0.2) is 112 Å². The fourth-order valence-corrected chi connectivity index (χ4v) is 7.50. The van der Waals surface area contributed by atoms with Crippen LogP contribution in [0.3, 0.4) is 0 Å². The second-order valence-electron chi connectivity index (χ2n) is 17.5. The van der Waals surface area contributed by atoms with Crippen LogP contribution >= 0.6 is 44.6 Å². The van der Waals surface area contributed by atoms with Crippen LogP contribution in [-0.4, -0.2) is 121 Å². The predicted molar refractivity (Wildman–Crippen MR) is 311 cm³/mol. The molecule has 0 saturated carbocycles. The molecule has 0 unspecified atom stereocenters. The molecule has 9 aromatic rings. The second kappa shape index (κ2) is 33.8. The minimum atomic E-state index is -1.67. The number of carboxylic acid groups (broad SMARTS) is 1. The van der Waals surface area contributed by atoms with Crippen molar-refractivity contribution in [1.29, 1.82) is 0 Å². The molecule has 9 aromatic heterocycles. The van der Waals surface area contributed by atoms with E-state index in [0.717, 1.165) is 34.0 Å². The number of aromatic carboxylic acids is 1. The van der Waals surface area contributed by atoms with E-state index >= 15 is 0 Å². The lowest BCUT2D eigenvalue weighted by Gasteiger charge is -2.11. The Balaban J connectivity index is 0.000000263. The second-order valence-corrected chi connectivity index (χ2v) is 20.7. The monoisotopic (exact) mass is 1210 g/mol. The van der Waals surface area contributed by atoms with Gasteiger partial charge in [0, 0.05) is 112 Å². The molecule has 0 atom stereocenters. The summed E-state index contributed by atoms with van der Waals surface area (Å²) in [6.07, 6.45) is 21.5. The molecule has 0 radical (unpaired) electrons. The average molecular weight is 1210 g/mol. The van der Waals surface area contributed by atoms with Gasteiger partial charge in [-0.15, -0.1) is 11.6 Å². The minimum Gasteiger partial charge on any atom is -0.478 e. The number of hydrogen-bond donors (Lipinski definition) is 2. The number of nitrogens with zero attached hydrogens (tertiary/aromatic N) is 18. The zero-order valence-electron chi connectivity index (χ0n) is 45.1. The van der Waals surface area contributed by atoms with Crippen molar-refractivity contribution in [2.24, 2.45) is 0 Å². The van der Waals surface area contributed by atoms with E-state index < -0.39 is 15.2 Å². The summed E-state index contributed by atoms with van der Waals surface area (Å²) >= 11 is 11.4. The van der Waals surface area contributed by atoms with Crippen LogP contribution in [0.5, 0.6) is 0 Å². The Morgan fingerprint density at radius 1 is 0.506 bits per heavy atom. The third-order valence-electron chi connectivity index (χ3n) is 10.6. The molecule has 81 heavy (non-hydrogen) atoms. The molecule has 0 fully saturated rings. The van der Waals surface area contributed by atoms with Gasteiger partial charge < -0.3 is 10.2 Å². The topological polar surface area (TPSA) is 309 Å². The van der Waals surface area contributed by atoms with E-state index in [4.69, 9.17) is 32.5 Å². The summed E-state index contributed by atoms with van der Waals surface area (Å²) < 4.78 is 16.5. The van der Waals surface area contributed by atoms with E-state index in [9.17, 15) is 19.5 Å². The SMILES string of the molecule is C.CC(=O)c1cncnc1-c1ccnn1C(C)C.CC(=O)c1cncnc1Cl.CC(C)n1nccc1-c1ncncc1C(=O)O.CC(C)n1nccc1-c1ncncc1CCl.CC(C)n1nccc1-c1ncncc1CO.O=S(Cl)Cl. The number of alkyl halides is 1. The number of aromatic nitrogens is 18. The zero-order chi connectivity index (χ0) is 59.1. The van der Waals surface area contributed by atoms with Crippen molar-refractivity contribution in [2.75, 3.05) is 0 Å². The lowest BCUT2D eigenvalue weighted by atomic mass is 10.1. The Hall–Kier alpha value is -7.68. The average Bonchev–Trinajstić information content (AvgIpc) is 4.33. The van der Waals surface area contributed by atoms with E-state index in [1.54, 1.807) is 54.1 Å². The van der Waals surface area contributed by atoms with Crippen molar-refractivity contribution in [3.05, 3.63) is 145 Å². The van der Waals surface area contributed by atoms with Gasteiger partial charge in [0.05, 0.1) is 57.8 Å². The van der Waals surface area contributed by atoms with Crippen LogP contribution in [0.25, 0.3) is 45.6 Å². The molecule has 0 amide bonds. The third-order valence-corrected chi connectivity index (χ3v) is 11.2. The molecule has 24 nitrogen and oxygen atoms in total. The van der Waals surface area contributed by atoms with Gasteiger partial charge in [-0.1, -0.05) is 19.0 Å². The first-order chi connectivity index (χ1) is 38.1. The third kappa shape index (κ3) is 19.5. The molecule has 0 aromatic carbocycles.